The van der Waals surface area contributed by atoms with Crippen LogP contribution < -0.4 is 5.73 Å². The molecule has 5 nitrogen and oxygen atoms in total. The van der Waals surface area contributed by atoms with E-state index in [1.54, 1.807) is 0 Å². The van der Waals surface area contributed by atoms with Crippen molar-refractivity contribution in [2.75, 3.05) is 26.2 Å². The molecule has 2 aliphatic heterocycles. The minimum Gasteiger partial charge on any atom is -0.369 e. The van der Waals surface area contributed by atoms with Crippen molar-refractivity contribution in [2.24, 2.45) is 17.6 Å². The van der Waals surface area contributed by atoms with E-state index < -0.39 is 0 Å². The van der Waals surface area contributed by atoms with Crippen molar-refractivity contribution in [1.29, 1.82) is 0 Å². The molecule has 2 amide bonds. The zero-order chi connectivity index (χ0) is 15.4. The van der Waals surface area contributed by atoms with Crippen LogP contribution in [0.25, 0.3) is 0 Å². The van der Waals surface area contributed by atoms with E-state index in [0.29, 0.717) is 30.8 Å². The van der Waals surface area contributed by atoms with Gasteiger partial charge in [-0.25, -0.2) is 0 Å². The lowest BCUT2D eigenvalue weighted by Gasteiger charge is -2.42. The number of carbonyl (C=O) groups is 2. The molecule has 2 rings (SSSR count). The smallest absolute Gasteiger partial charge is 0.231 e. The van der Waals surface area contributed by atoms with Gasteiger partial charge in [0.2, 0.25) is 11.8 Å². The fourth-order valence-electron chi connectivity index (χ4n) is 3.77. The van der Waals surface area contributed by atoms with E-state index in [4.69, 9.17) is 5.73 Å². The predicted molar refractivity (Wildman–Crippen MR) is 82.5 cm³/mol. The summed E-state index contributed by atoms with van der Waals surface area (Å²) >= 11 is 0. The quantitative estimate of drug-likeness (QED) is 0.848. The molecule has 2 aliphatic rings. The molecule has 2 fully saturated rings. The van der Waals surface area contributed by atoms with E-state index in [-0.39, 0.29) is 11.8 Å². The maximum Gasteiger partial charge on any atom is 0.231 e. The molecule has 0 aliphatic carbocycles. The summed E-state index contributed by atoms with van der Waals surface area (Å²) in [6.07, 6.45) is 5.08. The monoisotopic (exact) mass is 295 g/mol. The Morgan fingerprint density at radius 1 is 1.19 bits per heavy atom. The highest BCUT2D eigenvalue weighted by Crippen LogP contribution is 2.30. The van der Waals surface area contributed by atoms with Crippen LogP contribution in [0.2, 0.25) is 0 Å². The highest BCUT2D eigenvalue weighted by molar-refractivity contribution is 5.77. The molecule has 120 valence electrons. The molecule has 0 radical (unpaired) electrons. The minimum absolute atomic E-state index is 0.242. The van der Waals surface area contributed by atoms with Gasteiger partial charge in [-0.15, -0.1) is 0 Å². The highest BCUT2D eigenvalue weighted by Gasteiger charge is 2.36. The van der Waals surface area contributed by atoms with Gasteiger partial charge in [-0.2, -0.15) is 0 Å². The minimum atomic E-state index is -0.242. The van der Waals surface area contributed by atoms with Crippen molar-refractivity contribution in [3.8, 4) is 0 Å². The average molecular weight is 295 g/mol. The van der Waals surface area contributed by atoms with Crippen LogP contribution in [0.3, 0.4) is 0 Å². The van der Waals surface area contributed by atoms with Crippen LogP contribution >= 0.6 is 0 Å². The summed E-state index contributed by atoms with van der Waals surface area (Å²) in [4.78, 5) is 27.8. The molecule has 2 saturated heterocycles. The summed E-state index contributed by atoms with van der Waals surface area (Å²) in [6.45, 7) is 7.18. The first-order valence-electron chi connectivity index (χ1n) is 8.27. The Morgan fingerprint density at radius 3 is 2.62 bits per heavy atom. The molecular formula is C16H29N3O2. The van der Waals surface area contributed by atoms with E-state index in [1.165, 1.54) is 6.42 Å². The first-order valence-corrected chi connectivity index (χ1v) is 8.27. The first kappa shape index (κ1) is 16.3. The van der Waals surface area contributed by atoms with Gasteiger partial charge < -0.3 is 10.6 Å². The third-order valence-corrected chi connectivity index (χ3v) is 4.73. The van der Waals surface area contributed by atoms with Gasteiger partial charge in [-0.05, 0) is 37.6 Å². The van der Waals surface area contributed by atoms with Crippen molar-refractivity contribution in [1.82, 2.24) is 9.80 Å². The van der Waals surface area contributed by atoms with Crippen LogP contribution in [0.1, 0.15) is 46.0 Å². The van der Waals surface area contributed by atoms with E-state index >= 15 is 0 Å². The summed E-state index contributed by atoms with van der Waals surface area (Å²) in [5.74, 6) is 0.954. The lowest BCUT2D eigenvalue weighted by atomic mass is 9.88. The van der Waals surface area contributed by atoms with Gasteiger partial charge in [-0.3, -0.25) is 14.5 Å². The summed E-state index contributed by atoms with van der Waals surface area (Å²) < 4.78 is 0. The lowest BCUT2D eigenvalue weighted by Crippen LogP contribution is -2.53. The maximum atomic E-state index is 12.3. The van der Waals surface area contributed by atoms with Gasteiger partial charge in [0.15, 0.2) is 0 Å². The zero-order valence-corrected chi connectivity index (χ0v) is 13.4. The summed E-state index contributed by atoms with van der Waals surface area (Å²) in [5, 5.41) is 0. The van der Waals surface area contributed by atoms with Crippen molar-refractivity contribution in [2.45, 2.75) is 52.0 Å². The molecule has 21 heavy (non-hydrogen) atoms. The average Bonchev–Trinajstić information content (AvgIpc) is 2.59. The molecule has 0 spiro atoms. The van der Waals surface area contributed by atoms with Gasteiger partial charge in [0.1, 0.15) is 0 Å². The Balaban J connectivity index is 1.99. The lowest BCUT2D eigenvalue weighted by molar-refractivity contribution is -0.135. The third-order valence-electron chi connectivity index (χ3n) is 4.73. The standard InChI is InChI=1S/C16H29N3O2/c1-12(2)9-16(21)19-8-6-14-13(10-19)5-3-4-7-18(14)11-15(17)20/h12-14H,3-11H2,1-2H3,(H2,17,20)/t13-,14+/m0/s1. The van der Waals surface area contributed by atoms with Crippen molar-refractivity contribution in [3.63, 3.8) is 0 Å². The van der Waals surface area contributed by atoms with Crippen LogP contribution in [0.4, 0.5) is 0 Å². The number of carbonyl (C=O) groups excluding carboxylic acids is 2. The molecule has 2 heterocycles. The molecule has 0 bridgehead atoms. The molecular weight excluding hydrogens is 266 g/mol. The van der Waals surface area contributed by atoms with Gasteiger partial charge in [0.05, 0.1) is 6.54 Å². The van der Waals surface area contributed by atoms with Crippen LogP contribution in [0.15, 0.2) is 0 Å². The second-order valence-electron chi connectivity index (χ2n) is 6.99. The molecule has 0 aromatic heterocycles. The SMILES string of the molecule is CC(C)CC(=O)N1CC[C@@H]2[C@@H](CCCCN2CC(N)=O)C1. The summed E-state index contributed by atoms with van der Waals surface area (Å²) in [6, 6.07) is 0.420. The van der Waals surface area contributed by atoms with Crippen molar-refractivity contribution < 1.29 is 9.59 Å². The van der Waals surface area contributed by atoms with Gasteiger partial charge in [0.25, 0.3) is 0 Å². The van der Waals surface area contributed by atoms with Crippen LogP contribution in [0, 0.1) is 11.8 Å². The Bertz CT molecular complexity index is 384. The van der Waals surface area contributed by atoms with E-state index in [1.807, 2.05) is 4.90 Å². The molecule has 2 atom stereocenters. The number of nitrogens with zero attached hydrogens (tertiary/aromatic N) is 2. The fraction of sp³-hybridized carbons (Fsp3) is 0.875. The number of piperidine rings is 1. The molecule has 5 heteroatoms. The van der Waals surface area contributed by atoms with Gasteiger partial charge in [-0.1, -0.05) is 20.3 Å². The number of rotatable bonds is 4. The number of fused-ring (bicyclic) bond motifs is 1. The Hall–Kier alpha value is -1.10. The number of likely N-dealkylation sites (tertiary alicyclic amines) is 2. The Labute approximate surface area is 127 Å². The molecule has 0 unspecified atom stereocenters. The van der Waals surface area contributed by atoms with Crippen LogP contribution in [-0.4, -0.2) is 53.8 Å². The molecule has 0 aromatic carbocycles. The van der Waals surface area contributed by atoms with E-state index in [9.17, 15) is 9.59 Å². The molecule has 0 saturated carbocycles. The predicted octanol–water partition coefficient (Wildman–Crippen LogP) is 1.22. The Kier molecular flexibility index (Phi) is 5.62. The summed E-state index contributed by atoms with van der Waals surface area (Å²) in [7, 11) is 0. The number of nitrogens with two attached hydrogens (primary N) is 1. The summed E-state index contributed by atoms with van der Waals surface area (Å²) in [5.41, 5.74) is 5.38. The Morgan fingerprint density at radius 2 is 1.95 bits per heavy atom. The normalized spacial score (nSPS) is 27.3. The highest BCUT2D eigenvalue weighted by atomic mass is 16.2. The zero-order valence-electron chi connectivity index (χ0n) is 13.4. The second-order valence-corrected chi connectivity index (χ2v) is 6.99. The van der Waals surface area contributed by atoms with Gasteiger partial charge >= 0.3 is 0 Å². The maximum absolute atomic E-state index is 12.3. The topological polar surface area (TPSA) is 66.6 Å². The van der Waals surface area contributed by atoms with Crippen molar-refractivity contribution >= 4 is 11.8 Å². The third kappa shape index (κ3) is 4.43. The number of amides is 2. The van der Waals surface area contributed by atoms with Gasteiger partial charge in [0, 0.05) is 25.6 Å². The van der Waals surface area contributed by atoms with Crippen LogP contribution in [-0.2, 0) is 9.59 Å². The second kappa shape index (κ2) is 7.25. The van der Waals surface area contributed by atoms with E-state index in [2.05, 4.69) is 18.7 Å². The fourth-order valence-corrected chi connectivity index (χ4v) is 3.77. The number of primary amides is 1. The number of hydrogen-bond donors (Lipinski definition) is 1. The van der Waals surface area contributed by atoms with Crippen LogP contribution in [0.5, 0.6) is 0 Å². The van der Waals surface area contributed by atoms with E-state index in [0.717, 1.165) is 38.9 Å². The largest absolute Gasteiger partial charge is 0.369 e. The first-order chi connectivity index (χ1) is 9.97. The molecule has 0 aromatic rings. The molecule has 2 N–H and O–H groups in total. The number of hydrogen-bond acceptors (Lipinski definition) is 3. The van der Waals surface area contributed by atoms with Crippen molar-refractivity contribution in [3.05, 3.63) is 0 Å².